The maximum atomic E-state index is 11.4. The van der Waals surface area contributed by atoms with Gasteiger partial charge in [-0.05, 0) is 35.4 Å². The van der Waals surface area contributed by atoms with Crippen molar-refractivity contribution in [2.24, 2.45) is 11.8 Å². The number of nitrogens with zero attached hydrogens (tertiary/aromatic N) is 1. The predicted molar refractivity (Wildman–Crippen MR) is 97.8 cm³/mol. The molecular weight excluding hydrogens is 288 g/mol. The Labute approximate surface area is 141 Å². The number of nitrogens with two attached hydrogens (primary N) is 1. The molecule has 0 aliphatic carbocycles. The Kier molecular flexibility index (Phi) is 7.40. The summed E-state index contributed by atoms with van der Waals surface area (Å²) in [4.78, 5) is 13.8. The maximum Gasteiger partial charge on any atom is 0.306 e. The number of rotatable bonds is 8. The van der Waals surface area contributed by atoms with Crippen LogP contribution in [0.25, 0.3) is 0 Å². The van der Waals surface area contributed by atoms with Crippen LogP contribution in [0, 0.1) is 11.8 Å². The van der Waals surface area contributed by atoms with Gasteiger partial charge in [0.2, 0.25) is 0 Å². The second-order valence-electron chi connectivity index (χ2n) is 7.19. The van der Waals surface area contributed by atoms with Gasteiger partial charge in [0.05, 0.1) is 24.9 Å². The average molecular weight is 320 g/mol. The molecule has 0 amide bonds. The molecule has 0 heterocycles. The van der Waals surface area contributed by atoms with E-state index in [1.54, 1.807) is 0 Å². The summed E-state index contributed by atoms with van der Waals surface area (Å²) in [6, 6.07) is 6.16. The predicted octanol–water partition coefficient (Wildman–Crippen LogP) is 4.05. The smallest absolute Gasteiger partial charge is 0.306 e. The number of esters is 1. The lowest BCUT2D eigenvalue weighted by atomic mass is 9.96. The van der Waals surface area contributed by atoms with E-state index in [2.05, 4.69) is 44.7 Å². The van der Waals surface area contributed by atoms with Gasteiger partial charge in [-0.2, -0.15) is 0 Å². The first-order chi connectivity index (χ1) is 10.7. The standard InChI is InChI=1S/C19H32N2O2/c1-13(2)11-21(12-14(3)4)18-8-7-16(10-17(18)20)15(5)9-19(22)23-6/h7-8,10,13-15H,9,11-12,20H2,1-6H3. The second-order valence-corrected chi connectivity index (χ2v) is 7.19. The molecule has 0 spiro atoms. The zero-order chi connectivity index (χ0) is 17.6. The summed E-state index contributed by atoms with van der Waals surface area (Å²) in [6.45, 7) is 12.9. The van der Waals surface area contributed by atoms with Gasteiger partial charge in [0, 0.05) is 13.1 Å². The first-order valence-electron chi connectivity index (χ1n) is 8.45. The van der Waals surface area contributed by atoms with Gasteiger partial charge in [-0.3, -0.25) is 4.79 Å². The molecule has 0 saturated carbocycles. The van der Waals surface area contributed by atoms with Gasteiger partial charge in [-0.1, -0.05) is 40.7 Å². The summed E-state index contributed by atoms with van der Waals surface area (Å²) in [5.74, 6) is 1.06. The molecule has 130 valence electrons. The minimum Gasteiger partial charge on any atom is -0.469 e. The fraction of sp³-hybridized carbons (Fsp3) is 0.632. The average Bonchev–Trinajstić information content (AvgIpc) is 2.45. The van der Waals surface area contributed by atoms with Crippen LogP contribution in [-0.4, -0.2) is 26.2 Å². The largest absolute Gasteiger partial charge is 0.469 e. The summed E-state index contributed by atoms with van der Waals surface area (Å²) in [6.07, 6.45) is 0.372. The number of nitrogen functional groups attached to an aromatic ring is 1. The quantitative estimate of drug-likeness (QED) is 0.580. The lowest BCUT2D eigenvalue weighted by Gasteiger charge is -2.30. The molecule has 0 radical (unpaired) electrons. The highest BCUT2D eigenvalue weighted by molar-refractivity contribution is 5.72. The SMILES string of the molecule is COC(=O)CC(C)c1ccc(N(CC(C)C)CC(C)C)c(N)c1. The van der Waals surface area contributed by atoms with Crippen molar-refractivity contribution in [2.45, 2.75) is 47.0 Å². The number of hydrogen-bond acceptors (Lipinski definition) is 4. The molecule has 0 fully saturated rings. The van der Waals surface area contributed by atoms with Crippen molar-refractivity contribution in [1.29, 1.82) is 0 Å². The van der Waals surface area contributed by atoms with Crippen LogP contribution >= 0.6 is 0 Å². The summed E-state index contributed by atoms with van der Waals surface area (Å²) >= 11 is 0. The van der Waals surface area contributed by atoms with Crippen molar-refractivity contribution in [2.75, 3.05) is 30.8 Å². The van der Waals surface area contributed by atoms with Crippen molar-refractivity contribution >= 4 is 17.3 Å². The van der Waals surface area contributed by atoms with E-state index >= 15 is 0 Å². The second kappa shape index (κ2) is 8.80. The molecule has 0 aliphatic heterocycles. The molecule has 1 atom stereocenters. The highest BCUT2D eigenvalue weighted by Gasteiger charge is 2.16. The molecule has 0 aromatic heterocycles. The van der Waals surface area contributed by atoms with Crippen LogP contribution in [0.4, 0.5) is 11.4 Å². The van der Waals surface area contributed by atoms with E-state index in [1.807, 2.05) is 13.0 Å². The van der Waals surface area contributed by atoms with Gasteiger partial charge < -0.3 is 15.4 Å². The van der Waals surface area contributed by atoms with Crippen molar-refractivity contribution in [1.82, 2.24) is 0 Å². The summed E-state index contributed by atoms with van der Waals surface area (Å²) in [5.41, 5.74) is 9.25. The molecule has 0 saturated heterocycles. The number of ether oxygens (including phenoxy) is 1. The topological polar surface area (TPSA) is 55.6 Å². The van der Waals surface area contributed by atoms with Crippen molar-refractivity contribution in [3.63, 3.8) is 0 Å². The number of carbonyl (C=O) groups excluding carboxylic acids is 1. The molecule has 4 heteroatoms. The van der Waals surface area contributed by atoms with Crippen molar-refractivity contribution < 1.29 is 9.53 Å². The number of benzene rings is 1. The van der Waals surface area contributed by atoms with E-state index in [9.17, 15) is 4.79 Å². The minimum absolute atomic E-state index is 0.0995. The van der Waals surface area contributed by atoms with Gasteiger partial charge in [0.15, 0.2) is 0 Å². The van der Waals surface area contributed by atoms with Crippen LogP contribution in [0.1, 0.15) is 52.5 Å². The normalized spacial score (nSPS) is 12.5. The molecule has 1 rings (SSSR count). The summed E-state index contributed by atoms with van der Waals surface area (Å²) in [7, 11) is 1.42. The number of hydrogen-bond donors (Lipinski definition) is 1. The zero-order valence-electron chi connectivity index (χ0n) is 15.4. The Morgan fingerprint density at radius 3 is 2.13 bits per heavy atom. The molecule has 0 bridgehead atoms. The molecule has 1 aromatic carbocycles. The highest BCUT2D eigenvalue weighted by Crippen LogP contribution is 2.30. The highest BCUT2D eigenvalue weighted by atomic mass is 16.5. The lowest BCUT2D eigenvalue weighted by molar-refractivity contribution is -0.140. The molecule has 0 aliphatic rings. The molecule has 2 N–H and O–H groups in total. The Morgan fingerprint density at radius 2 is 1.70 bits per heavy atom. The van der Waals surface area contributed by atoms with Gasteiger partial charge in [-0.15, -0.1) is 0 Å². The molecule has 23 heavy (non-hydrogen) atoms. The Bertz CT molecular complexity index is 502. The van der Waals surface area contributed by atoms with E-state index in [4.69, 9.17) is 10.5 Å². The third-order valence-electron chi connectivity index (χ3n) is 3.83. The third kappa shape index (κ3) is 6.12. The third-order valence-corrected chi connectivity index (χ3v) is 3.83. The van der Waals surface area contributed by atoms with E-state index in [0.29, 0.717) is 18.3 Å². The summed E-state index contributed by atoms with van der Waals surface area (Å²) in [5, 5.41) is 0. The van der Waals surface area contributed by atoms with Crippen molar-refractivity contribution in [3.05, 3.63) is 23.8 Å². The summed E-state index contributed by atoms with van der Waals surface area (Å²) < 4.78 is 4.74. The lowest BCUT2D eigenvalue weighted by Crippen LogP contribution is -2.31. The Morgan fingerprint density at radius 1 is 1.13 bits per heavy atom. The fourth-order valence-corrected chi connectivity index (χ4v) is 2.77. The van der Waals surface area contributed by atoms with Crippen LogP contribution < -0.4 is 10.6 Å². The van der Waals surface area contributed by atoms with E-state index in [-0.39, 0.29) is 11.9 Å². The Hall–Kier alpha value is -1.71. The van der Waals surface area contributed by atoms with E-state index < -0.39 is 0 Å². The van der Waals surface area contributed by atoms with Crippen LogP contribution in [0.15, 0.2) is 18.2 Å². The fourth-order valence-electron chi connectivity index (χ4n) is 2.77. The monoisotopic (exact) mass is 320 g/mol. The molecule has 1 unspecified atom stereocenters. The van der Waals surface area contributed by atoms with Crippen LogP contribution in [0.5, 0.6) is 0 Å². The maximum absolute atomic E-state index is 11.4. The molecular formula is C19H32N2O2. The number of carbonyl (C=O) groups is 1. The number of anilines is 2. The van der Waals surface area contributed by atoms with Gasteiger partial charge in [-0.25, -0.2) is 0 Å². The minimum atomic E-state index is -0.193. The first-order valence-corrected chi connectivity index (χ1v) is 8.45. The van der Waals surface area contributed by atoms with Crippen molar-refractivity contribution in [3.8, 4) is 0 Å². The van der Waals surface area contributed by atoms with Crippen LogP contribution in [0.3, 0.4) is 0 Å². The Balaban J connectivity index is 2.97. The first kappa shape index (κ1) is 19.3. The number of methoxy groups -OCH3 is 1. The van der Waals surface area contributed by atoms with Gasteiger partial charge in [0.1, 0.15) is 0 Å². The van der Waals surface area contributed by atoms with Crippen LogP contribution in [-0.2, 0) is 9.53 Å². The van der Waals surface area contributed by atoms with E-state index in [1.165, 1.54) is 7.11 Å². The zero-order valence-corrected chi connectivity index (χ0v) is 15.4. The van der Waals surface area contributed by atoms with Crippen LogP contribution in [0.2, 0.25) is 0 Å². The van der Waals surface area contributed by atoms with Gasteiger partial charge in [0.25, 0.3) is 0 Å². The molecule has 4 nitrogen and oxygen atoms in total. The molecule has 1 aromatic rings. The van der Waals surface area contributed by atoms with E-state index in [0.717, 1.165) is 30.0 Å². The van der Waals surface area contributed by atoms with Gasteiger partial charge >= 0.3 is 5.97 Å².